The summed E-state index contributed by atoms with van der Waals surface area (Å²) in [4.78, 5) is 16.5. The summed E-state index contributed by atoms with van der Waals surface area (Å²) in [5.74, 6) is 0.786. The summed E-state index contributed by atoms with van der Waals surface area (Å²) in [5.41, 5.74) is 6.03. The van der Waals surface area contributed by atoms with Crippen molar-refractivity contribution in [2.75, 3.05) is 6.54 Å². The Hall–Kier alpha value is -0.940. The zero-order valence-corrected chi connectivity index (χ0v) is 12.0. The number of amides is 1. The minimum atomic E-state index is -0.279. The molecule has 0 aromatic carbocycles. The molecule has 0 spiro atoms. The van der Waals surface area contributed by atoms with E-state index in [9.17, 15) is 4.79 Å². The van der Waals surface area contributed by atoms with Gasteiger partial charge in [-0.1, -0.05) is 13.8 Å². The number of aromatic nitrogens is 1. The molecule has 1 aliphatic carbocycles. The maximum Gasteiger partial charge on any atom is 0.271 e. The summed E-state index contributed by atoms with van der Waals surface area (Å²) in [7, 11) is 0. The fourth-order valence-corrected chi connectivity index (χ4v) is 2.84. The summed E-state index contributed by atoms with van der Waals surface area (Å²) in [6, 6.07) is 0. The minimum Gasteiger partial charge on any atom is -0.344 e. The number of nitrogens with zero attached hydrogens (tertiary/aromatic N) is 1. The van der Waals surface area contributed by atoms with Crippen LogP contribution in [0.15, 0.2) is 5.38 Å². The number of thiazole rings is 1. The third-order valence-corrected chi connectivity index (χ3v) is 4.70. The van der Waals surface area contributed by atoms with Gasteiger partial charge in [0.15, 0.2) is 0 Å². The first-order valence-electron chi connectivity index (χ1n) is 6.44. The fraction of sp³-hybridized carbons (Fsp3) is 0.692. The number of hydrogen-bond donors (Lipinski definition) is 2. The van der Waals surface area contributed by atoms with E-state index in [1.807, 2.05) is 12.3 Å². The van der Waals surface area contributed by atoms with Gasteiger partial charge in [0, 0.05) is 17.8 Å². The Morgan fingerprint density at radius 3 is 2.78 bits per heavy atom. The predicted octanol–water partition coefficient (Wildman–Crippen LogP) is 2.12. The molecule has 1 saturated carbocycles. The summed E-state index contributed by atoms with van der Waals surface area (Å²) < 4.78 is 0. The van der Waals surface area contributed by atoms with Crippen molar-refractivity contribution in [1.82, 2.24) is 10.3 Å². The van der Waals surface area contributed by atoms with Gasteiger partial charge >= 0.3 is 0 Å². The lowest BCUT2D eigenvalue weighted by atomic mass is 9.96. The van der Waals surface area contributed by atoms with Crippen LogP contribution >= 0.6 is 11.3 Å². The molecule has 1 aromatic rings. The first kappa shape index (κ1) is 13.5. The first-order chi connectivity index (χ1) is 8.46. The van der Waals surface area contributed by atoms with E-state index >= 15 is 0 Å². The molecule has 1 unspecified atom stereocenters. The van der Waals surface area contributed by atoms with E-state index in [1.54, 1.807) is 11.3 Å². The molecule has 1 aliphatic rings. The molecule has 1 atom stereocenters. The minimum absolute atomic E-state index is 0.0991. The van der Waals surface area contributed by atoms with Crippen LogP contribution in [0, 0.1) is 5.92 Å². The summed E-state index contributed by atoms with van der Waals surface area (Å²) >= 11 is 1.54. The Bertz CT molecular complexity index is 439. The molecule has 1 aromatic heterocycles. The number of rotatable bonds is 5. The lowest BCUT2D eigenvalue weighted by Gasteiger charge is -2.29. The van der Waals surface area contributed by atoms with Gasteiger partial charge in [-0.2, -0.15) is 0 Å². The van der Waals surface area contributed by atoms with Crippen molar-refractivity contribution < 1.29 is 4.79 Å². The average Bonchev–Trinajstić information content (AvgIpc) is 3.06. The standard InChI is InChI=1S/C13H21N3OS/c1-8(2)12-15-10(6-18-12)11(17)16-13(3,7-14)9-4-5-9/h6,8-9H,4-5,7,14H2,1-3H3,(H,16,17). The molecule has 18 heavy (non-hydrogen) atoms. The van der Waals surface area contributed by atoms with E-state index in [2.05, 4.69) is 24.1 Å². The smallest absolute Gasteiger partial charge is 0.271 e. The number of carbonyl (C=O) groups excluding carboxylic acids is 1. The Morgan fingerprint density at radius 2 is 2.33 bits per heavy atom. The summed E-state index contributed by atoms with van der Waals surface area (Å²) in [6.45, 7) is 6.66. The van der Waals surface area contributed by atoms with Crippen molar-refractivity contribution in [1.29, 1.82) is 0 Å². The molecular formula is C13H21N3OS. The van der Waals surface area contributed by atoms with Crippen LogP contribution in [0.2, 0.25) is 0 Å². The van der Waals surface area contributed by atoms with E-state index in [-0.39, 0.29) is 11.4 Å². The van der Waals surface area contributed by atoms with Crippen molar-refractivity contribution >= 4 is 17.2 Å². The number of hydrogen-bond acceptors (Lipinski definition) is 4. The van der Waals surface area contributed by atoms with Crippen LogP contribution < -0.4 is 11.1 Å². The summed E-state index contributed by atoms with van der Waals surface area (Å²) in [6.07, 6.45) is 2.31. The zero-order chi connectivity index (χ0) is 13.3. The second-order valence-corrected chi connectivity index (χ2v) is 6.47. The molecule has 0 aliphatic heterocycles. The lowest BCUT2D eigenvalue weighted by molar-refractivity contribution is 0.0893. The second-order valence-electron chi connectivity index (χ2n) is 5.58. The monoisotopic (exact) mass is 267 g/mol. The largest absolute Gasteiger partial charge is 0.344 e. The predicted molar refractivity (Wildman–Crippen MR) is 73.9 cm³/mol. The third-order valence-electron chi connectivity index (χ3n) is 3.55. The highest BCUT2D eigenvalue weighted by Crippen LogP contribution is 2.39. The molecule has 0 radical (unpaired) electrons. The zero-order valence-electron chi connectivity index (χ0n) is 11.2. The van der Waals surface area contributed by atoms with Crippen LogP contribution in [0.5, 0.6) is 0 Å². The van der Waals surface area contributed by atoms with Gasteiger partial charge < -0.3 is 11.1 Å². The van der Waals surface area contributed by atoms with Crippen molar-refractivity contribution in [2.45, 2.75) is 45.1 Å². The first-order valence-corrected chi connectivity index (χ1v) is 7.32. The Kier molecular flexibility index (Phi) is 3.73. The highest BCUT2D eigenvalue weighted by Gasteiger charge is 2.41. The topological polar surface area (TPSA) is 68.0 Å². The third kappa shape index (κ3) is 2.72. The van der Waals surface area contributed by atoms with Gasteiger partial charge in [-0.05, 0) is 25.7 Å². The molecule has 5 heteroatoms. The highest BCUT2D eigenvalue weighted by molar-refractivity contribution is 7.09. The Labute approximate surface area is 112 Å². The number of nitrogens with one attached hydrogen (secondary N) is 1. The van der Waals surface area contributed by atoms with Gasteiger partial charge in [-0.15, -0.1) is 11.3 Å². The maximum absolute atomic E-state index is 12.2. The van der Waals surface area contributed by atoms with Gasteiger partial charge in [-0.3, -0.25) is 4.79 Å². The van der Waals surface area contributed by atoms with Crippen LogP contribution in [-0.4, -0.2) is 23.0 Å². The summed E-state index contributed by atoms with van der Waals surface area (Å²) in [5, 5.41) is 5.88. The van der Waals surface area contributed by atoms with Crippen molar-refractivity contribution in [3.63, 3.8) is 0 Å². The van der Waals surface area contributed by atoms with Crippen LogP contribution in [0.1, 0.15) is 55.0 Å². The fourth-order valence-electron chi connectivity index (χ4n) is 2.02. The van der Waals surface area contributed by atoms with E-state index in [0.717, 1.165) is 17.8 Å². The van der Waals surface area contributed by atoms with E-state index in [4.69, 9.17) is 5.73 Å². The molecule has 100 valence electrons. The van der Waals surface area contributed by atoms with Gasteiger partial charge in [0.25, 0.3) is 5.91 Å². The van der Waals surface area contributed by atoms with E-state index in [0.29, 0.717) is 24.1 Å². The molecule has 1 fully saturated rings. The Balaban J connectivity index is 2.06. The highest BCUT2D eigenvalue weighted by atomic mass is 32.1. The average molecular weight is 267 g/mol. The van der Waals surface area contributed by atoms with Crippen molar-refractivity contribution in [3.05, 3.63) is 16.1 Å². The quantitative estimate of drug-likeness (QED) is 0.858. The molecule has 2 rings (SSSR count). The van der Waals surface area contributed by atoms with E-state index in [1.165, 1.54) is 0 Å². The van der Waals surface area contributed by atoms with Crippen LogP contribution in [0.3, 0.4) is 0 Å². The van der Waals surface area contributed by atoms with E-state index < -0.39 is 0 Å². The second kappa shape index (κ2) is 4.97. The van der Waals surface area contributed by atoms with Gasteiger partial charge in [0.05, 0.1) is 10.5 Å². The molecule has 0 bridgehead atoms. The molecule has 3 N–H and O–H groups in total. The molecular weight excluding hydrogens is 246 g/mol. The molecule has 4 nitrogen and oxygen atoms in total. The molecule has 1 heterocycles. The van der Waals surface area contributed by atoms with Crippen molar-refractivity contribution in [3.8, 4) is 0 Å². The maximum atomic E-state index is 12.2. The SMILES string of the molecule is CC(C)c1nc(C(=O)NC(C)(CN)C2CC2)cs1. The number of carbonyl (C=O) groups is 1. The van der Waals surface area contributed by atoms with Gasteiger partial charge in [0.1, 0.15) is 5.69 Å². The lowest BCUT2D eigenvalue weighted by Crippen LogP contribution is -2.53. The van der Waals surface area contributed by atoms with Crippen molar-refractivity contribution in [2.24, 2.45) is 11.7 Å². The van der Waals surface area contributed by atoms with Crippen LogP contribution in [-0.2, 0) is 0 Å². The van der Waals surface area contributed by atoms with Crippen LogP contribution in [0.25, 0.3) is 0 Å². The van der Waals surface area contributed by atoms with Gasteiger partial charge in [-0.25, -0.2) is 4.98 Å². The molecule has 1 amide bonds. The van der Waals surface area contributed by atoms with Gasteiger partial charge in [0.2, 0.25) is 0 Å². The normalized spacial score (nSPS) is 18.7. The van der Waals surface area contributed by atoms with Crippen LogP contribution in [0.4, 0.5) is 0 Å². The molecule has 0 saturated heterocycles. The number of nitrogens with two attached hydrogens (primary N) is 1. The Morgan fingerprint density at radius 1 is 1.67 bits per heavy atom.